The molecule has 1 saturated carbocycles. The first-order chi connectivity index (χ1) is 12.7. The molecular formula is C19H31N7. The van der Waals surface area contributed by atoms with Crippen LogP contribution in [-0.2, 0) is 32.5 Å². The van der Waals surface area contributed by atoms with Crippen molar-refractivity contribution in [2.45, 2.75) is 83.5 Å². The average molecular weight is 358 g/mol. The van der Waals surface area contributed by atoms with Gasteiger partial charge in [-0.25, -0.2) is 0 Å². The largest absolute Gasteiger partial charge is 0.328 e. The van der Waals surface area contributed by atoms with Gasteiger partial charge in [-0.1, -0.05) is 6.42 Å². The summed E-state index contributed by atoms with van der Waals surface area (Å²) in [6.45, 7) is 4.73. The van der Waals surface area contributed by atoms with Gasteiger partial charge >= 0.3 is 0 Å². The molecule has 2 heterocycles. The molecule has 7 nitrogen and oxygen atoms in total. The van der Waals surface area contributed by atoms with Crippen LogP contribution in [0.2, 0.25) is 0 Å². The predicted molar refractivity (Wildman–Crippen MR) is 101 cm³/mol. The van der Waals surface area contributed by atoms with E-state index < -0.39 is 0 Å². The van der Waals surface area contributed by atoms with Crippen LogP contribution in [0.5, 0.6) is 0 Å². The number of hydrogen-bond acceptors (Lipinski definition) is 5. The van der Waals surface area contributed by atoms with Gasteiger partial charge < -0.3 is 10.3 Å². The van der Waals surface area contributed by atoms with Gasteiger partial charge in [0, 0.05) is 30.7 Å². The Bertz CT molecular complexity index is 741. The van der Waals surface area contributed by atoms with Crippen molar-refractivity contribution in [2.75, 3.05) is 7.05 Å². The maximum atomic E-state index is 5.95. The third-order valence-corrected chi connectivity index (χ3v) is 5.93. The highest BCUT2D eigenvalue weighted by atomic mass is 15.3. The Balaban J connectivity index is 1.44. The molecule has 0 bridgehead atoms. The fourth-order valence-corrected chi connectivity index (χ4v) is 4.40. The van der Waals surface area contributed by atoms with Crippen molar-refractivity contribution in [2.24, 2.45) is 5.73 Å². The number of aryl methyl sites for hydroxylation is 1. The zero-order valence-electron chi connectivity index (χ0n) is 16.0. The number of aromatic nitrogens is 5. The van der Waals surface area contributed by atoms with Gasteiger partial charge in [-0.15, -0.1) is 10.2 Å². The second-order valence-corrected chi connectivity index (χ2v) is 8.01. The summed E-state index contributed by atoms with van der Waals surface area (Å²) < 4.78 is 2.28. The fourth-order valence-electron chi connectivity index (χ4n) is 4.40. The van der Waals surface area contributed by atoms with Gasteiger partial charge in [-0.2, -0.15) is 5.10 Å². The summed E-state index contributed by atoms with van der Waals surface area (Å²) in [4.78, 5) is 2.30. The van der Waals surface area contributed by atoms with Gasteiger partial charge in [-0.3, -0.25) is 10.00 Å². The van der Waals surface area contributed by atoms with Gasteiger partial charge in [0.1, 0.15) is 11.6 Å². The quantitative estimate of drug-likeness (QED) is 0.773. The van der Waals surface area contributed by atoms with E-state index in [-0.39, 0.29) is 0 Å². The molecule has 2 aliphatic carbocycles. The molecule has 0 radical (unpaired) electrons. The molecule has 0 spiro atoms. The highest BCUT2D eigenvalue weighted by Gasteiger charge is 2.32. The van der Waals surface area contributed by atoms with Crippen LogP contribution in [0.25, 0.3) is 0 Å². The minimum atomic E-state index is 0.336. The van der Waals surface area contributed by atoms with E-state index in [0.717, 1.165) is 57.0 Å². The summed E-state index contributed by atoms with van der Waals surface area (Å²) in [5.41, 5.74) is 9.97. The summed E-state index contributed by atoms with van der Waals surface area (Å²) in [5, 5.41) is 16.9. The average Bonchev–Trinajstić information content (AvgIpc) is 3.07. The molecule has 0 amide bonds. The van der Waals surface area contributed by atoms with Gasteiger partial charge in [0.05, 0.1) is 12.2 Å². The van der Waals surface area contributed by atoms with E-state index in [1.165, 1.54) is 36.2 Å². The Labute approximate surface area is 155 Å². The minimum Gasteiger partial charge on any atom is -0.328 e. The zero-order chi connectivity index (χ0) is 18.1. The standard InChI is InChI=1S/C19H31N7/c1-3-26-18(23-24-19(26)13-9-14(20)10-13)12-25(2)11-17-15-7-5-4-6-8-16(15)21-22-17/h13-14H,3-12,20H2,1-2H3,(H,21,22). The lowest BCUT2D eigenvalue weighted by atomic mass is 9.80. The molecule has 2 aliphatic rings. The van der Waals surface area contributed by atoms with Gasteiger partial charge in [0.2, 0.25) is 0 Å². The van der Waals surface area contributed by atoms with Crippen molar-refractivity contribution in [3.05, 3.63) is 28.6 Å². The van der Waals surface area contributed by atoms with Crippen LogP contribution >= 0.6 is 0 Å². The zero-order valence-corrected chi connectivity index (χ0v) is 16.0. The summed E-state index contributed by atoms with van der Waals surface area (Å²) in [6.07, 6.45) is 8.25. The van der Waals surface area contributed by atoms with Crippen LogP contribution in [-0.4, -0.2) is 43.0 Å². The molecule has 0 aliphatic heterocycles. The first-order valence-corrected chi connectivity index (χ1v) is 10.1. The van der Waals surface area contributed by atoms with Crippen LogP contribution < -0.4 is 5.73 Å². The van der Waals surface area contributed by atoms with E-state index in [0.29, 0.717) is 12.0 Å². The first kappa shape index (κ1) is 17.7. The molecule has 1 fully saturated rings. The molecule has 2 aromatic rings. The number of hydrogen-bond donors (Lipinski definition) is 2. The molecule has 0 atom stereocenters. The first-order valence-electron chi connectivity index (χ1n) is 10.1. The lowest BCUT2D eigenvalue weighted by Crippen LogP contribution is -2.36. The molecule has 26 heavy (non-hydrogen) atoms. The van der Waals surface area contributed by atoms with Crippen LogP contribution in [0.3, 0.4) is 0 Å². The lowest BCUT2D eigenvalue weighted by Gasteiger charge is -2.31. The molecule has 4 rings (SSSR count). The third-order valence-electron chi connectivity index (χ3n) is 5.93. The van der Waals surface area contributed by atoms with Crippen molar-refractivity contribution in [1.82, 2.24) is 29.9 Å². The maximum Gasteiger partial charge on any atom is 0.147 e. The number of rotatable bonds is 6. The smallest absolute Gasteiger partial charge is 0.147 e. The second kappa shape index (κ2) is 7.48. The number of H-pyrrole nitrogens is 1. The molecule has 142 valence electrons. The Morgan fingerprint density at radius 1 is 1.15 bits per heavy atom. The van der Waals surface area contributed by atoms with Crippen LogP contribution in [0.4, 0.5) is 0 Å². The highest BCUT2D eigenvalue weighted by Crippen LogP contribution is 2.35. The van der Waals surface area contributed by atoms with Crippen LogP contribution in [0.1, 0.15) is 73.5 Å². The number of nitrogens with one attached hydrogen (secondary N) is 1. The maximum absolute atomic E-state index is 5.95. The highest BCUT2D eigenvalue weighted by molar-refractivity contribution is 5.26. The van der Waals surface area contributed by atoms with Crippen molar-refractivity contribution >= 4 is 0 Å². The van der Waals surface area contributed by atoms with Gasteiger partial charge in [0.15, 0.2) is 0 Å². The molecule has 3 N–H and O–H groups in total. The van der Waals surface area contributed by atoms with E-state index >= 15 is 0 Å². The molecule has 0 saturated heterocycles. The number of fused-ring (bicyclic) bond motifs is 1. The van der Waals surface area contributed by atoms with Crippen LogP contribution in [0, 0.1) is 0 Å². The van der Waals surface area contributed by atoms with E-state index in [9.17, 15) is 0 Å². The third kappa shape index (κ3) is 3.42. The van der Waals surface area contributed by atoms with E-state index in [4.69, 9.17) is 5.73 Å². The lowest BCUT2D eigenvalue weighted by molar-refractivity contribution is 0.295. The number of aromatic amines is 1. The molecular weight excluding hydrogens is 326 g/mol. The Morgan fingerprint density at radius 3 is 2.73 bits per heavy atom. The molecule has 2 aromatic heterocycles. The van der Waals surface area contributed by atoms with Crippen LogP contribution in [0.15, 0.2) is 0 Å². The summed E-state index contributed by atoms with van der Waals surface area (Å²) >= 11 is 0. The SMILES string of the molecule is CCn1c(CN(C)Cc2n[nH]c3c2CCCCC3)nnc1C1CC(N)C1. The Kier molecular flexibility index (Phi) is 5.09. The predicted octanol–water partition coefficient (Wildman–Crippen LogP) is 2.13. The number of nitrogens with two attached hydrogens (primary N) is 1. The Hall–Kier alpha value is -1.73. The molecule has 0 unspecified atom stereocenters. The monoisotopic (exact) mass is 357 g/mol. The van der Waals surface area contributed by atoms with E-state index in [2.05, 4.69) is 43.8 Å². The molecule has 7 heteroatoms. The second-order valence-electron chi connectivity index (χ2n) is 8.01. The van der Waals surface area contributed by atoms with Crippen molar-refractivity contribution in [1.29, 1.82) is 0 Å². The summed E-state index contributed by atoms with van der Waals surface area (Å²) in [6, 6.07) is 0.336. The summed E-state index contributed by atoms with van der Waals surface area (Å²) in [7, 11) is 2.14. The van der Waals surface area contributed by atoms with Crippen molar-refractivity contribution in [3.8, 4) is 0 Å². The van der Waals surface area contributed by atoms with E-state index in [1.54, 1.807) is 0 Å². The van der Waals surface area contributed by atoms with Gasteiger partial charge in [-0.05, 0) is 58.1 Å². The van der Waals surface area contributed by atoms with Gasteiger partial charge in [0.25, 0.3) is 0 Å². The normalized spacial score (nSPS) is 22.9. The number of nitrogens with zero attached hydrogens (tertiary/aromatic N) is 5. The summed E-state index contributed by atoms with van der Waals surface area (Å²) in [5.74, 6) is 2.65. The van der Waals surface area contributed by atoms with Crippen molar-refractivity contribution in [3.63, 3.8) is 0 Å². The Morgan fingerprint density at radius 2 is 1.96 bits per heavy atom. The fraction of sp³-hybridized carbons (Fsp3) is 0.737. The minimum absolute atomic E-state index is 0.336. The molecule has 0 aromatic carbocycles. The van der Waals surface area contributed by atoms with E-state index in [1.807, 2.05) is 0 Å². The topological polar surface area (TPSA) is 88.7 Å². The van der Waals surface area contributed by atoms with Crippen molar-refractivity contribution < 1.29 is 0 Å².